The Morgan fingerprint density at radius 2 is 0.368 bits per heavy atom. The third-order valence-electron chi connectivity index (χ3n) is 27.1. The van der Waals surface area contributed by atoms with Crippen molar-refractivity contribution < 1.29 is 0 Å². The molecule has 0 unspecified atom stereocenters. The molecule has 0 radical (unpaired) electrons. The van der Waals surface area contributed by atoms with Gasteiger partial charge >= 0.3 is 0 Å². The molecule has 0 spiro atoms. The van der Waals surface area contributed by atoms with Gasteiger partial charge in [-0.2, -0.15) is 0 Å². The van der Waals surface area contributed by atoms with E-state index in [1.165, 1.54) is 16.2 Å². The van der Waals surface area contributed by atoms with Crippen LogP contribution in [0.15, 0.2) is 512 Å². The zero-order valence-electron chi connectivity index (χ0n) is 77.9. The molecule has 0 aliphatic carbocycles. The van der Waals surface area contributed by atoms with Gasteiger partial charge in [0.15, 0.2) is 0 Å². The Morgan fingerprint density at radius 3 is 0.722 bits per heavy atom. The summed E-state index contributed by atoms with van der Waals surface area (Å²) in [7, 11) is 0. The first kappa shape index (κ1) is 86.1. The Bertz CT molecular complexity index is 9380. The van der Waals surface area contributed by atoms with Gasteiger partial charge in [0.25, 0.3) is 0 Å². The maximum absolute atomic E-state index is 5.37. The number of aromatic nitrogens is 12. The highest BCUT2D eigenvalue weighted by atomic mass is 14.8. The fraction of sp³-hybridized carbons (Fsp3) is 0. The second kappa shape index (κ2) is 38.1. The number of fused-ring (bicyclic) bond motifs is 12. The van der Waals surface area contributed by atoms with Crippen LogP contribution in [0.3, 0.4) is 0 Å². The Hall–Kier alpha value is -19.6. The Kier molecular flexibility index (Phi) is 22.8. The van der Waals surface area contributed by atoms with Crippen molar-refractivity contribution in [3.63, 3.8) is 0 Å². The number of pyridine rings is 12. The minimum Gasteiger partial charge on any atom is -0.264 e. The molecule has 0 saturated heterocycles. The summed E-state index contributed by atoms with van der Waals surface area (Å²) in [5.41, 5.74) is 38.5. The second-order valence-corrected chi connectivity index (χ2v) is 36.0. The lowest BCUT2D eigenvalue weighted by Crippen LogP contribution is -1.94. The normalized spacial score (nSPS) is 11.3. The van der Waals surface area contributed by atoms with Gasteiger partial charge in [-0.05, 0) is 296 Å². The van der Waals surface area contributed by atoms with Crippen LogP contribution in [-0.2, 0) is 0 Å². The molecular formula is C132H84N12. The Labute approximate surface area is 830 Å². The highest BCUT2D eigenvalue weighted by Gasteiger charge is 2.21. The quantitative estimate of drug-likeness (QED) is 0.0897. The summed E-state index contributed by atoms with van der Waals surface area (Å²) < 4.78 is 0. The minimum absolute atomic E-state index is 0.898. The molecule has 15 aromatic carbocycles. The lowest BCUT2D eigenvalue weighted by atomic mass is 9.92. The predicted octanol–water partition coefficient (Wildman–Crippen LogP) is 33.2. The highest BCUT2D eigenvalue weighted by molar-refractivity contribution is 6.14. The van der Waals surface area contributed by atoms with E-state index in [0.717, 1.165) is 249 Å². The van der Waals surface area contributed by atoms with E-state index in [4.69, 9.17) is 24.9 Å². The topological polar surface area (TPSA) is 155 Å². The van der Waals surface area contributed by atoms with Gasteiger partial charge in [-0.25, -0.2) is 15.0 Å². The Morgan fingerprint density at radius 1 is 0.118 bits per heavy atom. The fourth-order valence-corrected chi connectivity index (χ4v) is 19.8. The standard InChI is InChI=1S/C50H32N4.C44H28N4.C38H24N4/c1-3-9-33(10-4-1)44-21-24-53-49-45(44)19-20-46-47(34-11-5-2-6-12-34)30-48(54-50(46)49)38-18-17-35-25-37(16-15-36(35)26-38)41-27-42(39-13-7-22-51-31-39)29-43(28-41)40-14-8-23-52-32-40;1-2-7-29(8-3-1)41-26-42(48-44-40(41)17-16-30-9-6-20-47-43(30)44)34-15-14-31-21-33(13-12-32(31)22-34)37-23-38(35-10-4-18-45-27-35)25-39(24-37)36-11-5-19-46-28-36;1-5-31(23-39-15-1)34-20-33(21-35(22-34)32-6-2-16-40-24-32)29-10-9-28-19-30(12-11-27(28)18-29)36-14-13-26-8-7-25-4-3-17-41-37(25)38(26)42-36/h1-32H;1-28H;1-24H. The summed E-state index contributed by atoms with van der Waals surface area (Å²) in [4.78, 5) is 56.2. The van der Waals surface area contributed by atoms with Crippen LogP contribution in [0.25, 0.3) is 265 Å². The van der Waals surface area contributed by atoms with Crippen molar-refractivity contribution in [3.05, 3.63) is 512 Å². The first-order valence-corrected chi connectivity index (χ1v) is 48.0. The fourth-order valence-electron chi connectivity index (χ4n) is 19.8. The van der Waals surface area contributed by atoms with Gasteiger partial charge in [0, 0.05) is 175 Å². The number of nitrogens with zero attached hydrogens (tertiary/aromatic N) is 12. The SMILES string of the molecule is c1ccc(-c2cc(-c3ccc4cc(-c5cc(-c6cccnc6)cc(-c6cccnc6)c5)ccc4c3)nc3c2ccc2cccnc23)cc1.c1ccc(-c2ccnc3c2ccc2c(-c4ccccc4)cc(-c4ccc5cc(-c6cc(-c7cccnc7)cc(-c7cccnc7)c6)ccc5c4)nc23)cc1.c1cncc(-c2cc(-c3cccnc3)cc(-c3ccc4cc(-c5ccc6ccc7cccnc7c6n5)ccc4c3)c2)c1. The summed E-state index contributed by atoms with van der Waals surface area (Å²) in [6.07, 6.45) is 27.9. The molecule has 27 aromatic rings. The molecule has 0 amide bonds. The third kappa shape index (κ3) is 17.4. The van der Waals surface area contributed by atoms with Gasteiger partial charge in [-0.1, -0.05) is 255 Å². The van der Waals surface area contributed by atoms with Crippen LogP contribution in [0.2, 0.25) is 0 Å². The largest absolute Gasteiger partial charge is 0.264 e. The second-order valence-electron chi connectivity index (χ2n) is 36.0. The zero-order chi connectivity index (χ0) is 95.6. The third-order valence-corrected chi connectivity index (χ3v) is 27.1. The average molecular weight is 1840 g/mol. The molecule has 144 heavy (non-hydrogen) atoms. The van der Waals surface area contributed by atoms with E-state index in [1.807, 2.05) is 135 Å². The summed E-state index contributed by atoms with van der Waals surface area (Å²) in [5.74, 6) is 0. The Balaban J connectivity index is 0.000000114. The van der Waals surface area contributed by atoms with Crippen LogP contribution in [0, 0.1) is 0 Å². The van der Waals surface area contributed by atoms with Crippen molar-refractivity contribution in [1.82, 2.24) is 59.8 Å². The first-order chi connectivity index (χ1) is 71.3. The molecule has 12 nitrogen and oxygen atoms in total. The molecule has 0 bridgehead atoms. The van der Waals surface area contributed by atoms with Crippen molar-refractivity contribution in [2.45, 2.75) is 0 Å². The van der Waals surface area contributed by atoms with Crippen LogP contribution >= 0.6 is 0 Å². The molecule has 0 aliphatic heterocycles. The van der Waals surface area contributed by atoms with E-state index in [0.29, 0.717) is 0 Å². The summed E-state index contributed by atoms with van der Waals surface area (Å²) in [6, 6.07) is 148. The van der Waals surface area contributed by atoms with Crippen LogP contribution in [0.1, 0.15) is 0 Å². The van der Waals surface area contributed by atoms with Crippen LogP contribution < -0.4 is 0 Å². The van der Waals surface area contributed by atoms with Gasteiger partial charge < -0.3 is 0 Å². The van der Waals surface area contributed by atoms with E-state index in [9.17, 15) is 0 Å². The highest BCUT2D eigenvalue weighted by Crippen LogP contribution is 2.45. The van der Waals surface area contributed by atoms with Gasteiger partial charge in [0.2, 0.25) is 0 Å². The van der Waals surface area contributed by atoms with Crippen molar-refractivity contribution in [2.75, 3.05) is 0 Å². The molecule has 0 fully saturated rings. The van der Waals surface area contributed by atoms with Gasteiger partial charge in [0.05, 0.1) is 50.2 Å². The molecule has 0 N–H and O–H groups in total. The predicted molar refractivity (Wildman–Crippen MR) is 592 cm³/mol. The van der Waals surface area contributed by atoms with Crippen molar-refractivity contribution in [1.29, 1.82) is 0 Å². The van der Waals surface area contributed by atoms with E-state index < -0.39 is 0 Å². The number of rotatable bonds is 15. The number of hydrogen-bond donors (Lipinski definition) is 0. The van der Waals surface area contributed by atoms with E-state index in [2.05, 4.69) is 399 Å². The zero-order valence-corrected chi connectivity index (χ0v) is 77.9. The number of benzene rings is 15. The lowest BCUT2D eigenvalue weighted by Gasteiger charge is -2.14. The molecule has 12 heterocycles. The minimum atomic E-state index is 0.898. The van der Waals surface area contributed by atoms with E-state index in [-0.39, 0.29) is 0 Å². The van der Waals surface area contributed by atoms with Crippen LogP contribution in [-0.4, -0.2) is 59.8 Å². The monoisotopic (exact) mass is 1840 g/mol. The van der Waals surface area contributed by atoms with Crippen molar-refractivity contribution in [2.24, 2.45) is 0 Å². The van der Waals surface area contributed by atoms with E-state index in [1.54, 1.807) is 12.4 Å². The molecule has 12 aromatic heterocycles. The van der Waals surface area contributed by atoms with Crippen LogP contribution in [0.4, 0.5) is 0 Å². The summed E-state index contributed by atoms with van der Waals surface area (Å²) in [6.45, 7) is 0. The maximum atomic E-state index is 5.37. The molecule has 27 rings (SSSR count). The summed E-state index contributed by atoms with van der Waals surface area (Å²) in [5, 5.41) is 13.5. The molecular weight excluding hydrogens is 1750 g/mol. The maximum Gasteiger partial charge on any atom is 0.0978 e. The molecule has 12 heteroatoms. The lowest BCUT2D eigenvalue weighted by molar-refractivity contribution is 1.32. The van der Waals surface area contributed by atoms with Gasteiger partial charge in [0.1, 0.15) is 0 Å². The molecule has 0 atom stereocenters. The average Bonchev–Trinajstić information content (AvgIpc) is 0.743. The van der Waals surface area contributed by atoms with Gasteiger partial charge in [-0.15, -0.1) is 0 Å². The molecule has 0 saturated carbocycles. The van der Waals surface area contributed by atoms with E-state index >= 15 is 0 Å². The van der Waals surface area contributed by atoms with Crippen molar-refractivity contribution in [3.8, 4) is 167 Å². The van der Waals surface area contributed by atoms with Crippen LogP contribution in [0.5, 0.6) is 0 Å². The number of hydrogen-bond acceptors (Lipinski definition) is 12. The smallest absolute Gasteiger partial charge is 0.0978 e. The molecule has 0 aliphatic rings. The molecule has 672 valence electrons. The van der Waals surface area contributed by atoms with Crippen molar-refractivity contribution >= 4 is 97.7 Å². The van der Waals surface area contributed by atoms with Gasteiger partial charge in [-0.3, -0.25) is 44.9 Å². The summed E-state index contributed by atoms with van der Waals surface area (Å²) >= 11 is 0. The first-order valence-electron chi connectivity index (χ1n) is 48.0.